The molecule has 0 aliphatic carbocycles. The van der Waals surface area contributed by atoms with E-state index in [1.54, 1.807) is 24.3 Å². The Balaban J connectivity index is 1.95. The van der Waals surface area contributed by atoms with Crippen molar-refractivity contribution in [3.05, 3.63) is 47.0 Å². The van der Waals surface area contributed by atoms with Gasteiger partial charge in [0.25, 0.3) is 0 Å². The van der Waals surface area contributed by atoms with Gasteiger partial charge in [-0.25, -0.2) is 14.6 Å². The van der Waals surface area contributed by atoms with Gasteiger partial charge in [-0.1, -0.05) is 15.9 Å². The van der Waals surface area contributed by atoms with E-state index in [1.165, 1.54) is 12.5 Å². The number of benzene rings is 1. The van der Waals surface area contributed by atoms with Crippen molar-refractivity contribution in [3.8, 4) is 0 Å². The molecule has 0 aliphatic rings. The van der Waals surface area contributed by atoms with E-state index >= 15 is 0 Å². The molecule has 0 bridgehead atoms. The van der Waals surface area contributed by atoms with E-state index < -0.39 is 18.0 Å². The summed E-state index contributed by atoms with van der Waals surface area (Å²) in [7, 11) is 0. The van der Waals surface area contributed by atoms with Crippen molar-refractivity contribution in [1.82, 2.24) is 15.3 Å². The highest BCUT2D eigenvalue weighted by Gasteiger charge is 2.21. The van der Waals surface area contributed by atoms with Crippen LogP contribution in [0.4, 0.5) is 10.5 Å². The van der Waals surface area contributed by atoms with Gasteiger partial charge in [0.1, 0.15) is 6.04 Å². The summed E-state index contributed by atoms with van der Waals surface area (Å²) in [6.45, 7) is 0. The summed E-state index contributed by atoms with van der Waals surface area (Å²) in [5.41, 5.74) is 1.20. The quantitative estimate of drug-likeness (QED) is 0.659. The number of halogens is 1. The van der Waals surface area contributed by atoms with E-state index in [4.69, 9.17) is 5.11 Å². The average Bonchev–Trinajstić information content (AvgIpc) is 2.93. The number of anilines is 1. The molecule has 1 aromatic carbocycles. The number of H-pyrrole nitrogens is 1. The lowest BCUT2D eigenvalue weighted by Gasteiger charge is -2.14. The molecule has 0 fully saturated rings. The third kappa shape index (κ3) is 4.60. The van der Waals surface area contributed by atoms with Crippen molar-refractivity contribution in [2.45, 2.75) is 12.5 Å². The highest BCUT2D eigenvalue weighted by atomic mass is 79.9. The third-order valence-electron chi connectivity index (χ3n) is 2.68. The van der Waals surface area contributed by atoms with Crippen molar-refractivity contribution in [1.29, 1.82) is 0 Å². The van der Waals surface area contributed by atoms with Crippen LogP contribution in [0.15, 0.2) is 41.3 Å². The Morgan fingerprint density at radius 2 is 2.05 bits per heavy atom. The van der Waals surface area contributed by atoms with Crippen molar-refractivity contribution >= 4 is 33.6 Å². The number of hydrogen-bond acceptors (Lipinski definition) is 3. The Morgan fingerprint density at radius 3 is 2.62 bits per heavy atom. The number of amides is 2. The predicted molar refractivity (Wildman–Crippen MR) is 80.0 cm³/mol. The standard InChI is InChI=1S/C13H13BrN4O3/c14-8-1-3-9(4-2-8)17-13(21)18-11(12(19)20)5-10-6-15-7-16-10/h1-4,6-7,11H,5H2,(H,15,16)(H,19,20)(H2,17,18,21)/t11-/m1/s1. The number of carboxylic acid groups (broad SMARTS) is 1. The van der Waals surface area contributed by atoms with Gasteiger partial charge in [0.15, 0.2) is 0 Å². The average molecular weight is 353 g/mol. The molecule has 7 nitrogen and oxygen atoms in total. The number of carbonyl (C=O) groups excluding carboxylic acids is 1. The number of aliphatic carboxylic acids is 1. The number of rotatable bonds is 5. The van der Waals surface area contributed by atoms with Gasteiger partial charge in [-0.2, -0.15) is 0 Å². The van der Waals surface area contributed by atoms with Gasteiger partial charge in [-0.05, 0) is 24.3 Å². The van der Waals surface area contributed by atoms with Crippen LogP contribution in [0.2, 0.25) is 0 Å². The van der Waals surface area contributed by atoms with Crippen molar-refractivity contribution in [2.75, 3.05) is 5.32 Å². The van der Waals surface area contributed by atoms with Crippen LogP contribution in [0, 0.1) is 0 Å². The Bertz CT molecular complexity index is 613. The first-order valence-electron chi connectivity index (χ1n) is 6.08. The Hall–Kier alpha value is -2.35. The maximum Gasteiger partial charge on any atom is 0.326 e. The molecule has 110 valence electrons. The number of urea groups is 1. The molecule has 1 heterocycles. The lowest BCUT2D eigenvalue weighted by atomic mass is 10.2. The fourth-order valence-electron chi connectivity index (χ4n) is 1.67. The molecule has 0 radical (unpaired) electrons. The number of imidazole rings is 1. The van der Waals surface area contributed by atoms with E-state index in [0.29, 0.717) is 11.4 Å². The number of aromatic amines is 1. The van der Waals surface area contributed by atoms with Crippen molar-refractivity contribution in [3.63, 3.8) is 0 Å². The summed E-state index contributed by atoms with van der Waals surface area (Å²) in [6.07, 6.45) is 3.10. The van der Waals surface area contributed by atoms with E-state index in [1.807, 2.05) is 0 Å². The molecule has 0 saturated heterocycles. The molecule has 0 unspecified atom stereocenters. The van der Waals surface area contributed by atoms with Crippen LogP contribution in [0.5, 0.6) is 0 Å². The SMILES string of the molecule is O=C(Nc1ccc(Br)cc1)N[C@H](Cc1cnc[nH]1)C(=O)O. The van der Waals surface area contributed by atoms with Crippen LogP contribution in [0.1, 0.15) is 5.69 Å². The monoisotopic (exact) mass is 352 g/mol. The molecule has 0 spiro atoms. The fraction of sp³-hybridized carbons (Fsp3) is 0.154. The lowest BCUT2D eigenvalue weighted by Crippen LogP contribution is -2.44. The maximum atomic E-state index is 11.8. The van der Waals surface area contributed by atoms with Crippen LogP contribution >= 0.6 is 15.9 Å². The summed E-state index contributed by atoms with van der Waals surface area (Å²) < 4.78 is 0.885. The number of hydrogen-bond donors (Lipinski definition) is 4. The molecular weight excluding hydrogens is 340 g/mol. The molecule has 2 aromatic rings. The Morgan fingerprint density at radius 1 is 1.33 bits per heavy atom. The van der Waals surface area contributed by atoms with Crippen LogP contribution < -0.4 is 10.6 Å². The summed E-state index contributed by atoms with van der Waals surface area (Å²) in [6, 6.07) is 5.33. The minimum absolute atomic E-state index is 0.128. The van der Waals surface area contributed by atoms with Crippen LogP contribution in [0.3, 0.4) is 0 Å². The minimum Gasteiger partial charge on any atom is -0.480 e. The zero-order chi connectivity index (χ0) is 15.2. The van der Waals surface area contributed by atoms with Crippen LogP contribution in [0.25, 0.3) is 0 Å². The summed E-state index contributed by atoms with van der Waals surface area (Å²) in [4.78, 5) is 29.6. The molecule has 2 rings (SSSR count). The van der Waals surface area contributed by atoms with Gasteiger partial charge < -0.3 is 20.7 Å². The number of carboxylic acids is 1. The number of nitrogens with one attached hydrogen (secondary N) is 3. The summed E-state index contributed by atoms with van der Waals surface area (Å²) in [5, 5.41) is 14.1. The molecule has 0 saturated carbocycles. The zero-order valence-electron chi connectivity index (χ0n) is 10.8. The minimum atomic E-state index is -1.12. The normalized spacial score (nSPS) is 11.7. The summed E-state index contributed by atoms with van der Waals surface area (Å²) >= 11 is 3.29. The Kier molecular flexibility index (Phi) is 4.94. The van der Waals surface area contributed by atoms with E-state index in [0.717, 1.165) is 4.47 Å². The van der Waals surface area contributed by atoms with E-state index in [2.05, 4.69) is 36.5 Å². The van der Waals surface area contributed by atoms with Crippen molar-refractivity contribution in [2.24, 2.45) is 0 Å². The highest BCUT2D eigenvalue weighted by Crippen LogP contribution is 2.14. The van der Waals surface area contributed by atoms with Gasteiger partial charge in [-0.3, -0.25) is 0 Å². The number of nitrogens with zero attached hydrogens (tertiary/aromatic N) is 1. The molecule has 1 atom stereocenters. The smallest absolute Gasteiger partial charge is 0.326 e. The second-order valence-corrected chi connectivity index (χ2v) is 5.19. The zero-order valence-corrected chi connectivity index (χ0v) is 12.4. The van der Waals surface area contributed by atoms with Crippen LogP contribution in [-0.2, 0) is 11.2 Å². The molecule has 2 amide bonds. The topological polar surface area (TPSA) is 107 Å². The summed E-state index contributed by atoms with van der Waals surface area (Å²) in [5.74, 6) is -1.12. The van der Waals surface area contributed by atoms with Crippen LogP contribution in [-0.4, -0.2) is 33.1 Å². The largest absolute Gasteiger partial charge is 0.480 e. The first-order valence-corrected chi connectivity index (χ1v) is 6.87. The number of carbonyl (C=O) groups is 2. The molecule has 0 aliphatic heterocycles. The predicted octanol–water partition coefficient (Wildman–Crippen LogP) is 1.99. The van der Waals surface area contributed by atoms with E-state index in [9.17, 15) is 9.59 Å². The van der Waals surface area contributed by atoms with Gasteiger partial charge in [0.05, 0.1) is 6.33 Å². The first-order chi connectivity index (χ1) is 10.0. The molecule has 4 N–H and O–H groups in total. The third-order valence-corrected chi connectivity index (χ3v) is 3.21. The number of aromatic nitrogens is 2. The Labute approximate surface area is 128 Å². The van der Waals surface area contributed by atoms with E-state index in [-0.39, 0.29) is 6.42 Å². The van der Waals surface area contributed by atoms with Gasteiger partial charge in [-0.15, -0.1) is 0 Å². The molecular formula is C13H13BrN4O3. The molecule has 21 heavy (non-hydrogen) atoms. The lowest BCUT2D eigenvalue weighted by molar-refractivity contribution is -0.139. The fourth-order valence-corrected chi connectivity index (χ4v) is 1.94. The maximum absolute atomic E-state index is 11.8. The van der Waals surface area contributed by atoms with Crippen molar-refractivity contribution < 1.29 is 14.7 Å². The van der Waals surface area contributed by atoms with Gasteiger partial charge in [0.2, 0.25) is 0 Å². The van der Waals surface area contributed by atoms with Gasteiger partial charge >= 0.3 is 12.0 Å². The molecule has 8 heteroatoms. The molecule has 1 aromatic heterocycles. The van der Waals surface area contributed by atoms with Gasteiger partial charge in [0, 0.05) is 28.5 Å². The second-order valence-electron chi connectivity index (χ2n) is 4.28. The highest BCUT2D eigenvalue weighted by molar-refractivity contribution is 9.10. The first kappa shape index (κ1) is 15.0. The second kappa shape index (κ2) is 6.89.